The van der Waals surface area contributed by atoms with Gasteiger partial charge in [0.1, 0.15) is 22.3 Å². The first kappa shape index (κ1) is 32.8. The van der Waals surface area contributed by atoms with E-state index in [1.165, 1.54) is 20.2 Å². The molecule has 9 aromatic carbocycles. The molecule has 0 aliphatic rings. The van der Waals surface area contributed by atoms with E-state index < -0.39 is 0 Å². The Morgan fingerprint density at radius 3 is 1.78 bits per heavy atom. The summed E-state index contributed by atoms with van der Waals surface area (Å²) < 4.78 is 15.8. The van der Waals surface area contributed by atoms with Crippen LogP contribution in [-0.4, -0.2) is 0 Å². The van der Waals surface area contributed by atoms with Crippen molar-refractivity contribution in [3.8, 4) is 33.4 Å². The highest BCUT2D eigenvalue weighted by Gasteiger charge is 2.23. The van der Waals surface area contributed by atoms with Crippen LogP contribution in [0.25, 0.3) is 97.4 Å². The first-order valence-electron chi connectivity index (χ1n) is 19.6. The van der Waals surface area contributed by atoms with Crippen LogP contribution in [0.3, 0.4) is 0 Å². The Morgan fingerprint density at radius 1 is 0.345 bits per heavy atom. The number of hydrogen-bond acceptors (Lipinski definition) is 4. The Balaban J connectivity index is 1.03. The second-order valence-corrected chi connectivity index (χ2v) is 15.9. The Morgan fingerprint density at radius 2 is 0.966 bits per heavy atom. The highest BCUT2D eigenvalue weighted by atomic mass is 32.1. The maximum absolute atomic E-state index is 6.75. The predicted molar refractivity (Wildman–Crippen MR) is 245 cm³/mol. The van der Waals surface area contributed by atoms with Gasteiger partial charge in [0.2, 0.25) is 0 Å². The Hall–Kier alpha value is -7.40. The van der Waals surface area contributed by atoms with E-state index in [1.807, 2.05) is 23.5 Å². The highest BCUT2D eigenvalue weighted by Crippen LogP contribution is 2.48. The number of para-hydroxylation sites is 2. The molecule has 0 bridgehead atoms. The van der Waals surface area contributed by atoms with Gasteiger partial charge < -0.3 is 13.7 Å². The molecule has 0 saturated carbocycles. The van der Waals surface area contributed by atoms with Gasteiger partial charge in [0.05, 0.1) is 11.1 Å². The summed E-state index contributed by atoms with van der Waals surface area (Å²) in [5, 5.41) is 6.97. The fourth-order valence-electron chi connectivity index (χ4n) is 8.75. The van der Waals surface area contributed by atoms with Gasteiger partial charge in [0, 0.05) is 58.8 Å². The Kier molecular flexibility index (Phi) is 7.40. The number of furan rings is 2. The molecule has 4 heteroatoms. The molecule has 3 nitrogen and oxygen atoms in total. The minimum atomic E-state index is 0.871. The third kappa shape index (κ3) is 5.19. The molecule has 0 N–H and O–H groups in total. The first-order valence-corrected chi connectivity index (χ1v) is 20.4. The summed E-state index contributed by atoms with van der Waals surface area (Å²) >= 11 is 1.84. The van der Waals surface area contributed by atoms with Crippen molar-refractivity contribution in [3.63, 3.8) is 0 Å². The fourth-order valence-corrected chi connectivity index (χ4v) is 9.89. The Bertz CT molecular complexity index is 3500. The van der Waals surface area contributed by atoms with E-state index in [2.05, 4.69) is 193 Å². The van der Waals surface area contributed by atoms with E-state index in [1.54, 1.807) is 0 Å². The standard InChI is InChI=1S/C54H33NO2S/c1-3-12-35(13-4-1)40-18-11-19-44-46-32-37(24-31-49(46)56-53(40)44)34-22-25-38(26-23-34)55(39-27-28-43-42-16-8-10-21-50(42)58-51(43)33-39)47-30-29-41(36-14-5-2-6-15-36)54-52(47)45-17-7-9-20-48(45)57-54/h1-33H. The van der Waals surface area contributed by atoms with E-state index in [0.29, 0.717) is 0 Å². The molecule has 0 radical (unpaired) electrons. The minimum absolute atomic E-state index is 0.871. The summed E-state index contributed by atoms with van der Waals surface area (Å²) in [6.45, 7) is 0. The fraction of sp³-hybridized carbons (Fsp3) is 0. The summed E-state index contributed by atoms with van der Waals surface area (Å²) in [7, 11) is 0. The molecule has 0 amide bonds. The van der Waals surface area contributed by atoms with Crippen molar-refractivity contribution in [2.75, 3.05) is 4.90 Å². The molecule has 0 aliphatic heterocycles. The van der Waals surface area contributed by atoms with Crippen molar-refractivity contribution in [1.82, 2.24) is 0 Å². The van der Waals surface area contributed by atoms with Crippen molar-refractivity contribution >= 4 is 92.4 Å². The number of benzene rings is 9. The molecule has 3 aromatic heterocycles. The van der Waals surface area contributed by atoms with E-state index in [4.69, 9.17) is 8.83 Å². The molecule has 0 saturated heterocycles. The summed E-state index contributed by atoms with van der Waals surface area (Å²) in [6.07, 6.45) is 0. The summed E-state index contributed by atoms with van der Waals surface area (Å²) in [4.78, 5) is 2.39. The van der Waals surface area contributed by atoms with Gasteiger partial charge in [-0.3, -0.25) is 0 Å². The molecular formula is C54H33NO2S. The SMILES string of the molecule is c1ccc(-c2cccc3c2oc2ccc(-c4ccc(N(c5ccc6c(c5)sc5ccccc56)c5ccc(-c6ccccc6)c6oc7ccccc7c56)cc4)cc23)cc1. The molecule has 0 spiro atoms. The molecule has 3 heterocycles. The topological polar surface area (TPSA) is 29.5 Å². The van der Waals surface area contributed by atoms with Crippen molar-refractivity contribution < 1.29 is 8.83 Å². The second-order valence-electron chi connectivity index (χ2n) is 14.8. The van der Waals surface area contributed by atoms with Crippen molar-refractivity contribution in [1.29, 1.82) is 0 Å². The zero-order valence-corrected chi connectivity index (χ0v) is 32.0. The predicted octanol–water partition coefficient (Wildman–Crippen LogP) is 16.3. The lowest BCUT2D eigenvalue weighted by molar-refractivity contribution is 0.669. The molecule has 272 valence electrons. The third-order valence-electron chi connectivity index (χ3n) is 11.5. The van der Waals surface area contributed by atoms with Crippen LogP contribution < -0.4 is 4.90 Å². The van der Waals surface area contributed by atoms with Crippen molar-refractivity contribution in [2.24, 2.45) is 0 Å². The molecule has 0 atom stereocenters. The quantitative estimate of drug-likeness (QED) is 0.169. The summed E-state index contributed by atoms with van der Waals surface area (Å²) in [5.41, 5.74) is 13.5. The largest absolute Gasteiger partial charge is 0.455 e. The van der Waals surface area contributed by atoms with Crippen LogP contribution in [0.2, 0.25) is 0 Å². The van der Waals surface area contributed by atoms with Crippen molar-refractivity contribution in [2.45, 2.75) is 0 Å². The third-order valence-corrected chi connectivity index (χ3v) is 12.6. The lowest BCUT2D eigenvalue weighted by Crippen LogP contribution is -2.10. The van der Waals surface area contributed by atoms with Crippen LogP contribution in [0.15, 0.2) is 209 Å². The van der Waals surface area contributed by atoms with Crippen LogP contribution in [0, 0.1) is 0 Å². The number of rotatable bonds is 6. The minimum Gasteiger partial charge on any atom is -0.455 e. The molecule has 0 unspecified atom stereocenters. The van der Waals surface area contributed by atoms with E-state index in [0.717, 1.165) is 94.3 Å². The van der Waals surface area contributed by atoms with Crippen LogP contribution in [0.5, 0.6) is 0 Å². The normalized spacial score (nSPS) is 11.8. The monoisotopic (exact) mass is 759 g/mol. The van der Waals surface area contributed by atoms with Gasteiger partial charge in [-0.05, 0) is 82.9 Å². The van der Waals surface area contributed by atoms with Crippen LogP contribution in [0.4, 0.5) is 17.1 Å². The van der Waals surface area contributed by atoms with Gasteiger partial charge in [-0.2, -0.15) is 0 Å². The average Bonchev–Trinajstić information content (AvgIpc) is 3.99. The maximum atomic E-state index is 6.75. The average molecular weight is 760 g/mol. The van der Waals surface area contributed by atoms with Gasteiger partial charge >= 0.3 is 0 Å². The zero-order valence-electron chi connectivity index (χ0n) is 31.2. The van der Waals surface area contributed by atoms with E-state index in [-0.39, 0.29) is 0 Å². The van der Waals surface area contributed by atoms with Gasteiger partial charge in [-0.15, -0.1) is 11.3 Å². The Labute approximate surface area is 338 Å². The second kappa shape index (κ2) is 13.1. The number of nitrogens with zero attached hydrogens (tertiary/aromatic N) is 1. The smallest absolute Gasteiger partial charge is 0.145 e. The molecule has 12 aromatic rings. The molecule has 0 aliphatic carbocycles. The first-order chi connectivity index (χ1) is 28.7. The zero-order chi connectivity index (χ0) is 38.2. The highest BCUT2D eigenvalue weighted by molar-refractivity contribution is 7.25. The lowest BCUT2D eigenvalue weighted by atomic mass is 9.99. The van der Waals surface area contributed by atoms with Crippen LogP contribution in [-0.2, 0) is 0 Å². The number of thiophene rings is 1. The van der Waals surface area contributed by atoms with Gasteiger partial charge in [0.15, 0.2) is 0 Å². The lowest BCUT2D eigenvalue weighted by Gasteiger charge is -2.27. The molecular weight excluding hydrogens is 727 g/mol. The number of hydrogen-bond donors (Lipinski definition) is 0. The van der Waals surface area contributed by atoms with E-state index in [9.17, 15) is 0 Å². The summed E-state index contributed by atoms with van der Waals surface area (Å²) in [6, 6.07) is 71.3. The molecule has 0 fully saturated rings. The van der Waals surface area contributed by atoms with E-state index >= 15 is 0 Å². The molecule has 58 heavy (non-hydrogen) atoms. The van der Waals surface area contributed by atoms with Crippen LogP contribution >= 0.6 is 11.3 Å². The number of fused-ring (bicyclic) bond motifs is 9. The van der Waals surface area contributed by atoms with Gasteiger partial charge in [-0.25, -0.2) is 0 Å². The van der Waals surface area contributed by atoms with Gasteiger partial charge in [0.25, 0.3) is 0 Å². The van der Waals surface area contributed by atoms with Crippen LogP contribution in [0.1, 0.15) is 0 Å². The molecule has 12 rings (SSSR count). The summed E-state index contributed by atoms with van der Waals surface area (Å²) in [5.74, 6) is 0. The maximum Gasteiger partial charge on any atom is 0.145 e. The van der Waals surface area contributed by atoms with Gasteiger partial charge in [-0.1, -0.05) is 140 Å². The number of anilines is 3. The van der Waals surface area contributed by atoms with Crippen molar-refractivity contribution in [3.05, 3.63) is 200 Å².